The second-order valence-corrected chi connectivity index (χ2v) is 5.33. The summed E-state index contributed by atoms with van der Waals surface area (Å²) >= 11 is 0. The summed E-state index contributed by atoms with van der Waals surface area (Å²) in [4.78, 5) is 0. The van der Waals surface area contributed by atoms with Crippen molar-refractivity contribution in [1.82, 2.24) is 0 Å². The molecule has 20 heavy (non-hydrogen) atoms. The Labute approximate surface area is 118 Å². The maximum absolute atomic E-state index is 6.06. The SMILES string of the molecule is COc1ccc(CC2=CC3OC2c2ccccc23)cc1. The van der Waals surface area contributed by atoms with Crippen molar-refractivity contribution < 1.29 is 9.47 Å². The van der Waals surface area contributed by atoms with Gasteiger partial charge in [-0.1, -0.05) is 36.4 Å². The maximum atomic E-state index is 6.06. The third-order valence-corrected chi connectivity index (χ3v) is 4.14. The predicted molar refractivity (Wildman–Crippen MR) is 77.8 cm³/mol. The average molecular weight is 264 g/mol. The summed E-state index contributed by atoms with van der Waals surface area (Å²) in [7, 11) is 1.69. The highest BCUT2D eigenvalue weighted by Crippen LogP contribution is 2.50. The van der Waals surface area contributed by atoms with E-state index in [1.165, 1.54) is 22.3 Å². The normalized spacial score (nSPS) is 22.6. The zero-order chi connectivity index (χ0) is 13.5. The van der Waals surface area contributed by atoms with Crippen molar-refractivity contribution >= 4 is 0 Å². The minimum atomic E-state index is 0.151. The van der Waals surface area contributed by atoms with Crippen LogP contribution in [0.15, 0.2) is 60.2 Å². The summed E-state index contributed by atoms with van der Waals surface area (Å²) in [6.07, 6.45) is 3.53. The van der Waals surface area contributed by atoms with Gasteiger partial charge in [0.25, 0.3) is 0 Å². The monoisotopic (exact) mass is 264 g/mol. The molecule has 0 aromatic heterocycles. The van der Waals surface area contributed by atoms with Crippen molar-refractivity contribution in [2.75, 3.05) is 7.11 Å². The van der Waals surface area contributed by atoms with E-state index in [1.54, 1.807) is 7.11 Å². The standard InChI is InChI=1S/C18H16O2/c1-19-14-8-6-12(7-9-14)10-13-11-17-15-4-2-3-5-16(15)18(13)20-17/h2-9,11,17-18H,10H2,1H3. The van der Waals surface area contributed by atoms with E-state index in [0.717, 1.165) is 12.2 Å². The van der Waals surface area contributed by atoms with Gasteiger partial charge in [0.2, 0.25) is 0 Å². The Balaban J connectivity index is 1.58. The summed E-state index contributed by atoms with van der Waals surface area (Å²) < 4.78 is 11.3. The lowest BCUT2D eigenvalue weighted by Gasteiger charge is -2.14. The third kappa shape index (κ3) is 1.76. The summed E-state index contributed by atoms with van der Waals surface area (Å²) in [5.74, 6) is 0.900. The number of benzene rings is 2. The molecule has 4 rings (SSSR count). The van der Waals surface area contributed by atoms with Crippen LogP contribution in [0.25, 0.3) is 0 Å². The fourth-order valence-corrected chi connectivity index (χ4v) is 3.13. The first-order chi connectivity index (χ1) is 9.85. The molecule has 100 valence electrons. The van der Waals surface area contributed by atoms with Crippen LogP contribution < -0.4 is 4.74 Å². The molecule has 0 spiro atoms. The van der Waals surface area contributed by atoms with Crippen LogP contribution in [0.1, 0.15) is 28.9 Å². The smallest absolute Gasteiger partial charge is 0.118 e. The second kappa shape index (κ2) is 4.50. The quantitative estimate of drug-likeness (QED) is 0.780. The van der Waals surface area contributed by atoms with Crippen molar-refractivity contribution in [3.05, 3.63) is 76.9 Å². The Hall–Kier alpha value is -2.06. The summed E-state index contributed by atoms with van der Waals surface area (Å²) in [6.45, 7) is 0. The molecule has 2 heterocycles. The summed E-state index contributed by atoms with van der Waals surface area (Å²) in [5, 5.41) is 0. The number of hydrogen-bond acceptors (Lipinski definition) is 2. The number of ether oxygens (including phenoxy) is 2. The predicted octanol–water partition coefficient (Wildman–Crippen LogP) is 3.99. The lowest BCUT2D eigenvalue weighted by molar-refractivity contribution is 0.0824. The van der Waals surface area contributed by atoms with Gasteiger partial charge >= 0.3 is 0 Å². The van der Waals surface area contributed by atoms with E-state index in [4.69, 9.17) is 9.47 Å². The number of hydrogen-bond donors (Lipinski definition) is 0. The molecule has 2 aromatic carbocycles. The number of methoxy groups -OCH3 is 1. The molecule has 0 saturated carbocycles. The first-order valence-corrected chi connectivity index (χ1v) is 6.93. The van der Waals surface area contributed by atoms with Crippen molar-refractivity contribution in [1.29, 1.82) is 0 Å². The largest absolute Gasteiger partial charge is 0.497 e. The Morgan fingerprint density at radius 1 is 1.00 bits per heavy atom. The van der Waals surface area contributed by atoms with Gasteiger partial charge < -0.3 is 9.47 Å². The van der Waals surface area contributed by atoms with Gasteiger partial charge in [0.1, 0.15) is 18.0 Å². The van der Waals surface area contributed by atoms with Crippen LogP contribution in [0.3, 0.4) is 0 Å². The Bertz CT molecular complexity index is 670. The highest BCUT2D eigenvalue weighted by Gasteiger charge is 2.38. The van der Waals surface area contributed by atoms with Crippen LogP contribution in [0.2, 0.25) is 0 Å². The second-order valence-electron chi connectivity index (χ2n) is 5.33. The molecule has 2 unspecified atom stereocenters. The molecule has 0 aliphatic carbocycles. The van der Waals surface area contributed by atoms with Crippen molar-refractivity contribution in [3.8, 4) is 5.75 Å². The van der Waals surface area contributed by atoms with Gasteiger partial charge in [-0.05, 0) is 46.9 Å². The first-order valence-electron chi connectivity index (χ1n) is 6.93. The minimum Gasteiger partial charge on any atom is -0.497 e. The van der Waals surface area contributed by atoms with Crippen molar-refractivity contribution in [2.24, 2.45) is 0 Å². The van der Waals surface area contributed by atoms with Crippen LogP contribution >= 0.6 is 0 Å². The molecule has 0 radical (unpaired) electrons. The number of fused-ring (bicyclic) bond motifs is 5. The highest BCUT2D eigenvalue weighted by molar-refractivity contribution is 5.47. The van der Waals surface area contributed by atoms with Gasteiger partial charge in [-0.25, -0.2) is 0 Å². The lowest BCUT2D eigenvalue weighted by atomic mass is 9.88. The molecule has 0 N–H and O–H groups in total. The topological polar surface area (TPSA) is 18.5 Å². The highest BCUT2D eigenvalue weighted by atomic mass is 16.5. The molecule has 2 heteroatoms. The van der Waals surface area contributed by atoms with E-state index >= 15 is 0 Å². The van der Waals surface area contributed by atoms with E-state index in [1.807, 2.05) is 12.1 Å². The zero-order valence-corrected chi connectivity index (χ0v) is 11.4. The van der Waals surface area contributed by atoms with Crippen LogP contribution in [0, 0.1) is 0 Å². The van der Waals surface area contributed by atoms with Crippen LogP contribution in [0.5, 0.6) is 5.75 Å². The van der Waals surface area contributed by atoms with Gasteiger partial charge in [-0.2, -0.15) is 0 Å². The van der Waals surface area contributed by atoms with Crippen LogP contribution in [-0.4, -0.2) is 7.11 Å². The average Bonchev–Trinajstić information content (AvgIpc) is 3.07. The minimum absolute atomic E-state index is 0.151. The molecule has 2 aliphatic heterocycles. The van der Waals surface area contributed by atoms with Gasteiger partial charge in [0, 0.05) is 0 Å². The van der Waals surface area contributed by atoms with E-state index in [2.05, 4.69) is 42.5 Å². The van der Waals surface area contributed by atoms with Crippen molar-refractivity contribution in [3.63, 3.8) is 0 Å². The van der Waals surface area contributed by atoms with Gasteiger partial charge in [-0.15, -0.1) is 0 Å². The molecule has 0 saturated heterocycles. The molecule has 2 bridgehead atoms. The zero-order valence-electron chi connectivity index (χ0n) is 11.4. The molecule has 0 amide bonds. The molecule has 2 aromatic rings. The number of rotatable bonds is 3. The van der Waals surface area contributed by atoms with E-state index in [0.29, 0.717) is 0 Å². The maximum Gasteiger partial charge on any atom is 0.118 e. The fraction of sp³-hybridized carbons (Fsp3) is 0.222. The Kier molecular flexibility index (Phi) is 2.64. The van der Waals surface area contributed by atoms with Crippen LogP contribution in [0.4, 0.5) is 0 Å². The van der Waals surface area contributed by atoms with E-state index < -0.39 is 0 Å². The van der Waals surface area contributed by atoms with E-state index in [-0.39, 0.29) is 12.2 Å². The molecular weight excluding hydrogens is 248 g/mol. The molecular formula is C18H16O2. The molecule has 2 nitrogen and oxygen atoms in total. The van der Waals surface area contributed by atoms with Gasteiger partial charge in [0.15, 0.2) is 0 Å². The fourth-order valence-electron chi connectivity index (χ4n) is 3.13. The third-order valence-electron chi connectivity index (χ3n) is 4.14. The summed E-state index contributed by atoms with van der Waals surface area (Å²) in [6, 6.07) is 16.8. The van der Waals surface area contributed by atoms with Crippen LogP contribution in [-0.2, 0) is 11.2 Å². The van der Waals surface area contributed by atoms with Gasteiger partial charge in [0.05, 0.1) is 7.11 Å². The lowest BCUT2D eigenvalue weighted by Crippen LogP contribution is -2.02. The Morgan fingerprint density at radius 3 is 2.50 bits per heavy atom. The first kappa shape index (κ1) is 11.7. The molecule has 2 atom stereocenters. The Morgan fingerprint density at radius 2 is 1.75 bits per heavy atom. The molecule has 2 aliphatic rings. The molecule has 0 fully saturated rings. The summed E-state index contributed by atoms with van der Waals surface area (Å²) in [5.41, 5.74) is 5.34. The van der Waals surface area contributed by atoms with Crippen molar-refractivity contribution in [2.45, 2.75) is 18.6 Å². The van der Waals surface area contributed by atoms with Gasteiger partial charge in [-0.3, -0.25) is 0 Å². The van der Waals surface area contributed by atoms with E-state index in [9.17, 15) is 0 Å².